The van der Waals surface area contributed by atoms with Crippen molar-refractivity contribution in [3.63, 3.8) is 0 Å². The fourth-order valence-electron chi connectivity index (χ4n) is 2.14. The van der Waals surface area contributed by atoms with Gasteiger partial charge in [0.1, 0.15) is 10.6 Å². The number of ether oxygens (including phenoxy) is 1. The summed E-state index contributed by atoms with van der Waals surface area (Å²) in [5, 5.41) is 0. The third-order valence-corrected chi connectivity index (χ3v) is 5.73. The minimum Gasteiger partial charge on any atom is -0.495 e. The number of rotatable bonds is 4. The van der Waals surface area contributed by atoms with E-state index < -0.39 is 10.0 Å². The molecule has 1 aromatic rings. The Bertz CT molecular complexity index is 580. The van der Waals surface area contributed by atoms with Gasteiger partial charge >= 0.3 is 0 Å². The Balaban J connectivity index is 2.47. The lowest BCUT2D eigenvalue weighted by Crippen LogP contribution is -2.41. The number of nitrogens with two attached hydrogens (primary N) is 1. The highest BCUT2D eigenvalue weighted by molar-refractivity contribution is 7.89. The van der Waals surface area contributed by atoms with Crippen LogP contribution in [0.3, 0.4) is 0 Å². The van der Waals surface area contributed by atoms with Crippen molar-refractivity contribution in [3.8, 4) is 5.75 Å². The molecule has 19 heavy (non-hydrogen) atoms. The molecule has 0 radical (unpaired) electrons. The number of methoxy groups -OCH3 is 1. The highest BCUT2D eigenvalue weighted by Gasteiger charge is 2.33. The van der Waals surface area contributed by atoms with Crippen LogP contribution in [0.4, 0.5) is 5.69 Å². The molecule has 1 aliphatic carbocycles. The van der Waals surface area contributed by atoms with Crippen LogP contribution >= 0.6 is 0 Å². The van der Waals surface area contributed by atoms with Crippen molar-refractivity contribution in [3.05, 3.63) is 17.7 Å². The van der Waals surface area contributed by atoms with E-state index in [4.69, 9.17) is 10.5 Å². The zero-order valence-electron chi connectivity index (χ0n) is 11.5. The average molecular weight is 284 g/mol. The van der Waals surface area contributed by atoms with Gasteiger partial charge in [-0.15, -0.1) is 0 Å². The third kappa shape index (κ3) is 2.42. The molecule has 1 fully saturated rings. The largest absolute Gasteiger partial charge is 0.495 e. The molecule has 0 amide bonds. The second-order valence-corrected chi connectivity index (χ2v) is 6.93. The smallest absolute Gasteiger partial charge is 0.246 e. The van der Waals surface area contributed by atoms with E-state index in [0.29, 0.717) is 11.4 Å². The lowest BCUT2D eigenvalue weighted by molar-refractivity contribution is 0.249. The number of nitrogen functional groups attached to an aromatic ring is 1. The Morgan fingerprint density at radius 2 is 2.00 bits per heavy atom. The topological polar surface area (TPSA) is 72.6 Å². The monoisotopic (exact) mass is 284 g/mol. The Hall–Kier alpha value is -1.27. The lowest BCUT2D eigenvalue weighted by atomic mass is 9.94. The number of aryl methyl sites for hydroxylation is 1. The van der Waals surface area contributed by atoms with Gasteiger partial charge in [0.25, 0.3) is 0 Å². The molecule has 0 unspecified atom stereocenters. The molecule has 106 valence electrons. The molecule has 0 spiro atoms. The van der Waals surface area contributed by atoms with Crippen molar-refractivity contribution < 1.29 is 13.2 Å². The van der Waals surface area contributed by atoms with Crippen LogP contribution in [0.25, 0.3) is 0 Å². The molecule has 0 heterocycles. The van der Waals surface area contributed by atoms with Crippen LogP contribution < -0.4 is 10.5 Å². The normalized spacial score (nSPS) is 16.4. The summed E-state index contributed by atoms with van der Waals surface area (Å²) in [4.78, 5) is 0.146. The van der Waals surface area contributed by atoms with Gasteiger partial charge in [0.05, 0.1) is 7.11 Å². The van der Waals surface area contributed by atoms with Crippen molar-refractivity contribution in [2.24, 2.45) is 0 Å². The maximum Gasteiger partial charge on any atom is 0.246 e. The maximum absolute atomic E-state index is 12.6. The van der Waals surface area contributed by atoms with E-state index in [1.807, 2.05) is 6.92 Å². The molecule has 0 aromatic heterocycles. The van der Waals surface area contributed by atoms with Crippen molar-refractivity contribution in [1.82, 2.24) is 4.31 Å². The van der Waals surface area contributed by atoms with Crippen molar-refractivity contribution in [1.29, 1.82) is 0 Å². The summed E-state index contributed by atoms with van der Waals surface area (Å²) in [7, 11) is -0.467. The van der Waals surface area contributed by atoms with Crippen LogP contribution in [0.15, 0.2) is 17.0 Å². The van der Waals surface area contributed by atoms with E-state index in [9.17, 15) is 8.42 Å². The fourth-order valence-corrected chi connectivity index (χ4v) is 3.73. The Morgan fingerprint density at radius 3 is 2.47 bits per heavy atom. The van der Waals surface area contributed by atoms with Gasteiger partial charge < -0.3 is 10.5 Å². The first-order valence-electron chi connectivity index (χ1n) is 6.30. The maximum atomic E-state index is 12.6. The number of anilines is 1. The highest BCUT2D eigenvalue weighted by Crippen LogP contribution is 2.34. The minimum atomic E-state index is -3.55. The molecule has 0 saturated heterocycles. The molecule has 2 N–H and O–H groups in total. The second-order valence-electron chi connectivity index (χ2n) is 4.97. The van der Waals surface area contributed by atoms with E-state index in [-0.39, 0.29) is 10.9 Å². The molecular weight excluding hydrogens is 264 g/mol. The Labute approximate surface area is 114 Å². The predicted molar refractivity (Wildman–Crippen MR) is 74.7 cm³/mol. The standard InChI is InChI=1S/C13H20N2O3S/c1-9-7-12(18-3)13(8-11(9)14)19(16,17)15(2)10-5-4-6-10/h7-8,10H,4-6,14H2,1-3H3. The van der Waals surface area contributed by atoms with Crippen LogP contribution in [-0.4, -0.2) is 32.9 Å². The summed E-state index contributed by atoms with van der Waals surface area (Å²) < 4.78 is 31.8. The van der Waals surface area contributed by atoms with E-state index in [1.54, 1.807) is 13.1 Å². The molecular formula is C13H20N2O3S. The highest BCUT2D eigenvalue weighted by atomic mass is 32.2. The Morgan fingerprint density at radius 1 is 1.37 bits per heavy atom. The summed E-state index contributed by atoms with van der Waals surface area (Å²) in [5.74, 6) is 0.345. The molecule has 0 atom stereocenters. The molecule has 5 nitrogen and oxygen atoms in total. The number of hydrogen-bond donors (Lipinski definition) is 1. The van der Waals surface area contributed by atoms with Crippen LogP contribution in [0.5, 0.6) is 5.75 Å². The van der Waals surface area contributed by atoms with Crippen LogP contribution in [0.1, 0.15) is 24.8 Å². The zero-order chi connectivity index (χ0) is 14.2. The molecule has 1 saturated carbocycles. The number of nitrogens with zero attached hydrogens (tertiary/aromatic N) is 1. The zero-order valence-corrected chi connectivity index (χ0v) is 12.3. The first kappa shape index (κ1) is 14.1. The molecule has 1 aliphatic rings. The minimum absolute atomic E-state index is 0.0947. The van der Waals surface area contributed by atoms with Gasteiger partial charge in [-0.05, 0) is 37.5 Å². The molecule has 6 heteroatoms. The molecule has 2 rings (SSSR count). The summed E-state index contributed by atoms with van der Waals surface area (Å²) in [6.07, 6.45) is 2.91. The predicted octanol–water partition coefficient (Wildman–Crippen LogP) is 1.76. The van der Waals surface area contributed by atoms with Gasteiger partial charge in [0, 0.05) is 18.8 Å². The third-order valence-electron chi connectivity index (χ3n) is 3.80. The number of hydrogen-bond acceptors (Lipinski definition) is 4. The first-order valence-corrected chi connectivity index (χ1v) is 7.74. The van der Waals surface area contributed by atoms with Crippen molar-refractivity contribution in [2.45, 2.75) is 37.1 Å². The summed E-state index contributed by atoms with van der Waals surface area (Å²) in [6.45, 7) is 1.82. The quantitative estimate of drug-likeness (QED) is 0.855. The van der Waals surface area contributed by atoms with Gasteiger partial charge in [-0.2, -0.15) is 4.31 Å². The van der Waals surface area contributed by atoms with Crippen molar-refractivity contribution >= 4 is 15.7 Å². The van der Waals surface area contributed by atoms with Gasteiger partial charge in [0.15, 0.2) is 0 Å². The first-order chi connectivity index (χ1) is 8.87. The molecule has 0 aliphatic heterocycles. The summed E-state index contributed by atoms with van der Waals surface area (Å²) in [6, 6.07) is 3.24. The molecule has 0 bridgehead atoms. The average Bonchev–Trinajstić information content (AvgIpc) is 2.29. The fraction of sp³-hybridized carbons (Fsp3) is 0.538. The molecule has 1 aromatic carbocycles. The summed E-state index contributed by atoms with van der Waals surface area (Å²) in [5.41, 5.74) is 7.09. The van der Waals surface area contributed by atoms with Gasteiger partial charge in [0.2, 0.25) is 10.0 Å². The van der Waals surface area contributed by atoms with Crippen LogP contribution in [0.2, 0.25) is 0 Å². The number of sulfonamides is 1. The van der Waals surface area contributed by atoms with E-state index in [0.717, 1.165) is 24.8 Å². The van der Waals surface area contributed by atoms with E-state index in [1.165, 1.54) is 17.5 Å². The van der Waals surface area contributed by atoms with Gasteiger partial charge in [-0.3, -0.25) is 0 Å². The number of benzene rings is 1. The SMILES string of the molecule is COc1cc(C)c(N)cc1S(=O)(=O)N(C)C1CCC1. The van der Waals surface area contributed by atoms with Gasteiger partial charge in [-0.1, -0.05) is 6.42 Å². The van der Waals surface area contributed by atoms with Gasteiger partial charge in [-0.25, -0.2) is 8.42 Å². The second kappa shape index (κ2) is 5.02. The van der Waals surface area contributed by atoms with Crippen LogP contribution in [0, 0.1) is 6.92 Å². The van der Waals surface area contributed by atoms with E-state index in [2.05, 4.69) is 0 Å². The lowest BCUT2D eigenvalue weighted by Gasteiger charge is -2.34. The van der Waals surface area contributed by atoms with Crippen LogP contribution in [-0.2, 0) is 10.0 Å². The summed E-state index contributed by atoms with van der Waals surface area (Å²) >= 11 is 0. The van der Waals surface area contributed by atoms with Crippen molar-refractivity contribution in [2.75, 3.05) is 19.9 Å². The van der Waals surface area contributed by atoms with E-state index >= 15 is 0 Å². The Kier molecular flexibility index (Phi) is 3.73.